The number of halogens is 1. The van der Waals surface area contributed by atoms with E-state index in [4.69, 9.17) is 22.1 Å². The van der Waals surface area contributed by atoms with Crippen LogP contribution in [0.25, 0.3) is 0 Å². The lowest BCUT2D eigenvalue weighted by Gasteiger charge is -2.22. The maximum atomic E-state index is 6.07. The Morgan fingerprint density at radius 2 is 2.06 bits per heavy atom. The van der Waals surface area contributed by atoms with E-state index in [1.807, 2.05) is 12.1 Å². The lowest BCUT2D eigenvalue weighted by atomic mass is 9.98. The second kappa shape index (κ2) is 6.86. The zero-order valence-corrected chi connectivity index (χ0v) is 11.4. The van der Waals surface area contributed by atoms with Gasteiger partial charge in [-0.25, -0.2) is 0 Å². The van der Waals surface area contributed by atoms with Crippen LogP contribution in [0.15, 0.2) is 18.2 Å². The van der Waals surface area contributed by atoms with Gasteiger partial charge in [-0.05, 0) is 31.0 Å². The molecule has 0 atom stereocenters. The van der Waals surface area contributed by atoms with Crippen LogP contribution in [0.5, 0.6) is 0 Å². The fourth-order valence-electron chi connectivity index (χ4n) is 2.32. The van der Waals surface area contributed by atoms with Crippen molar-refractivity contribution in [2.75, 3.05) is 24.2 Å². The Morgan fingerprint density at radius 1 is 1.28 bits per heavy atom. The maximum Gasteiger partial charge on any atom is 0.0657 e. The van der Waals surface area contributed by atoms with Crippen LogP contribution in [0.3, 0.4) is 0 Å². The molecular weight excluding hydrogens is 248 g/mol. The number of anilines is 2. The van der Waals surface area contributed by atoms with Crippen molar-refractivity contribution in [1.82, 2.24) is 0 Å². The molecule has 1 aromatic rings. The normalized spacial score (nSPS) is 16.7. The molecule has 3 N–H and O–H groups in total. The summed E-state index contributed by atoms with van der Waals surface area (Å²) >= 11 is 6.07. The summed E-state index contributed by atoms with van der Waals surface area (Å²) in [5, 5.41) is 3.93. The first-order valence-corrected chi connectivity index (χ1v) is 7.04. The van der Waals surface area contributed by atoms with Gasteiger partial charge in [0, 0.05) is 12.2 Å². The zero-order valence-electron chi connectivity index (χ0n) is 10.6. The fraction of sp³-hybridized carbons (Fsp3) is 0.571. The van der Waals surface area contributed by atoms with Crippen molar-refractivity contribution in [3.63, 3.8) is 0 Å². The highest BCUT2D eigenvalue weighted by Crippen LogP contribution is 2.24. The van der Waals surface area contributed by atoms with E-state index in [1.54, 1.807) is 6.07 Å². The highest BCUT2D eigenvalue weighted by atomic mass is 35.5. The standard InChI is InChI=1S/C14H21ClN2O/c15-13-10-11(16)6-7-14(13)17-8-9-18-12-4-2-1-3-5-12/h6-7,10,12,17H,1-5,8-9,16H2. The molecule has 0 spiro atoms. The molecule has 1 fully saturated rings. The van der Waals surface area contributed by atoms with E-state index in [0.717, 1.165) is 18.8 Å². The third-order valence-corrected chi connectivity index (χ3v) is 3.63. The van der Waals surface area contributed by atoms with Crippen molar-refractivity contribution in [3.8, 4) is 0 Å². The molecule has 1 saturated carbocycles. The number of nitrogen functional groups attached to an aromatic ring is 1. The van der Waals surface area contributed by atoms with Crippen molar-refractivity contribution >= 4 is 23.0 Å². The van der Waals surface area contributed by atoms with Crippen LogP contribution >= 0.6 is 11.6 Å². The van der Waals surface area contributed by atoms with Crippen LogP contribution in [-0.4, -0.2) is 19.3 Å². The van der Waals surface area contributed by atoms with Gasteiger partial charge in [-0.15, -0.1) is 0 Å². The predicted octanol–water partition coefficient (Wildman–Crippen LogP) is 3.68. The van der Waals surface area contributed by atoms with Crippen LogP contribution < -0.4 is 11.1 Å². The van der Waals surface area contributed by atoms with Crippen molar-refractivity contribution in [1.29, 1.82) is 0 Å². The molecule has 100 valence electrons. The smallest absolute Gasteiger partial charge is 0.0657 e. The molecule has 0 bridgehead atoms. The summed E-state index contributed by atoms with van der Waals surface area (Å²) in [5.74, 6) is 0. The minimum absolute atomic E-state index is 0.461. The van der Waals surface area contributed by atoms with Crippen LogP contribution in [0.1, 0.15) is 32.1 Å². The average Bonchev–Trinajstić information content (AvgIpc) is 2.38. The van der Waals surface area contributed by atoms with Gasteiger partial charge in [0.1, 0.15) is 0 Å². The van der Waals surface area contributed by atoms with E-state index in [1.165, 1.54) is 32.1 Å². The second-order valence-electron chi connectivity index (χ2n) is 4.80. The summed E-state index contributed by atoms with van der Waals surface area (Å²) < 4.78 is 5.84. The number of hydrogen-bond acceptors (Lipinski definition) is 3. The zero-order chi connectivity index (χ0) is 12.8. The molecule has 0 amide bonds. The number of nitrogens with one attached hydrogen (secondary N) is 1. The highest BCUT2D eigenvalue weighted by molar-refractivity contribution is 6.33. The van der Waals surface area contributed by atoms with Crippen molar-refractivity contribution < 1.29 is 4.74 Å². The monoisotopic (exact) mass is 268 g/mol. The van der Waals surface area contributed by atoms with E-state index >= 15 is 0 Å². The summed E-state index contributed by atoms with van der Waals surface area (Å²) in [6.45, 7) is 1.51. The van der Waals surface area contributed by atoms with Crippen molar-refractivity contribution in [2.45, 2.75) is 38.2 Å². The molecule has 4 heteroatoms. The lowest BCUT2D eigenvalue weighted by Crippen LogP contribution is -2.20. The SMILES string of the molecule is Nc1ccc(NCCOC2CCCCC2)c(Cl)c1. The highest BCUT2D eigenvalue weighted by Gasteiger charge is 2.13. The molecule has 0 saturated heterocycles. The average molecular weight is 269 g/mol. The van der Waals surface area contributed by atoms with E-state index in [2.05, 4.69) is 5.32 Å². The molecule has 0 unspecified atom stereocenters. The summed E-state index contributed by atoms with van der Waals surface area (Å²) in [6, 6.07) is 5.50. The third-order valence-electron chi connectivity index (χ3n) is 3.32. The molecule has 0 radical (unpaired) electrons. The Morgan fingerprint density at radius 3 is 2.78 bits per heavy atom. The van der Waals surface area contributed by atoms with Gasteiger partial charge in [-0.1, -0.05) is 30.9 Å². The van der Waals surface area contributed by atoms with Gasteiger partial charge in [0.05, 0.1) is 23.4 Å². The Labute approximate surface area is 114 Å². The van der Waals surface area contributed by atoms with Gasteiger partial charge in [-0.2, -0.15) is 0 Å². The molecule has 2 rings (SSSR count). The van der Waals surface area contributed by atoms with Gasteiger partial charge in [-0.3, -0.25) is 0 Å². The van der Waals surface area contributed by atoms with Gasteiger partial charge in [0.15, 0.2) is 0 Å². The molecule has 0 aliphatic heterocycles. The molecule has 3 nitrogen and oxygen atoms in total. The van der Waals surface area contributed by atoms with Gasteiger partial charge < -0.3 is 15.8 Å². The van der Waals surface area contributed by atoms with E-state index in [-0.39, 0.29) is 0 Å². The molecule has 1 aliphatic carbocycles. The maximum absolute atomic E-state index is 6.07. The topological polar surface area (TPSA) is 47.3 Å². The minimum Gasteiger partial charge on any atom is -0.399 e. The molecule has 0 aromatic heterocycles. The third kappa shape index (κ3) is 4.07. The largest absolute Gasteiger partial charge is 0.399 e. The van der Waals surface area contributed by atoms with Gasteiger partial charge in [0.25, 0.3) is 0 Å². The van der Waals surface area contributed by atoms with E-state index in [9.17, 15) is 0 Å². The quantitative estimate of drug-likeness (QED) is 0.633. The van der Waals surface area contributed by atoms with E-state index < -0.39 is 0 Å². The first-order valence-electron chi connectivity index (χ1n) is 6.66. The van der Waals surface area contributed by atoms with Crippen molar-refractivity contribution in [2.24, 2.45) is 0 Å². The second-order valence-corrected chi connectivity index (χ2v) is 5.20. The Hall–Kier alpha value is -0.930. The van der Waals surface area contributed by atoms with Crippen molar-refractivity contribution in [3.05, 3.63) is 23.2 Å². The first kappa shape index (κ1) is 13.5. The number of rotatable bonds is 5. The lowest BCUT2D eigenvalue weighted by molar-refractivity contribution is 0.0347. The van der Waals surface area contributed by atoms with Gasteiger partial charge in [0.2, 0.25) is 0 Å². The summed E-state index contributed by atoms with van der Waals surface area (Å²) in [5.41, 5.74) is 7.24. The number of benzene rings is 1. The summed E-state index contributed by atoms with van der Waals surface area (Å²) in [7, 11) is 0. The van der Waals surface area contributed by atoms with Crippen LogP contribution in [-0.2, 0) is 4.74 Å². The fourth-order valence-corrected chi connectivity index (χ4v) is 2.57. The molecule has 0 heterocycles. The molecule has 1 aliphatic rings. The van der Waals surface area contributed by atoms with Crippen LogP contribution in [0, 0.1) is 0 Å². The van der Waals surface area contributed by atoms with E-state index in [0.29, 0.717) is 16.8 Å². The summed E-state index contributed by atoms with van der Waals surface area (Å²) in [6.07, 6.45) is 6.86. The van der Waals surface area contributed by atoms with Gasteiger partial charge >= 0.3 is 0 Å². The Kier molecular flexibility index (Phi) is 5.14. The van der Waals surface area contributed by atoms with Crippen LogP contribution in [0.4, 0.5) is 11.4 Å². The minimum atomic E-state index is 0.461. The molecule has 1 aromatic carbocycles. The Bertz CT molecular complexity index is 378. The molecular formula is C14H21ClN2O. The van der Waals surface area contributed by atoms with Crippen LogP contribution in [0.2, 0.25) is 5.02 Å². The Balaban J connectivity index is 1.68. The first-order chi connectivity index (χ1) is 8.75. The summed E-state index contributed by atoms with van der Waals surface area (Å²) in [4.78, 5) is 0. The predicted molar refractivity (Wildman–Crippen MR) is 77.2 cm³/mol. The number of nitrogens with two attached hydrogens (primary N) is 1. The number of ether oxygens (including phenoxy) is 1. The molecule has 18 heavy (non-hydrogen) atoms. The number of hydrogen-bond donors (Lipinski definition) is 2.